The van der Waals surface area contributed by atoms with Gasteiger partial charge in [-0.1, -0.05) is 12.8 Å². The molecule has 3 rings (SSSR count). The molecule has 1 aliphatic carbocycles. The number of aliphatic carboxylic acids is 1. The van der Waals surface area contributed by atoms with Crippen molar-refractivity contribution < 1.29 is 23.8 Å². The highest BCUT2D eigenvalue weighted by molar-refractivity contribution is 5.97. The van der Waals surface area contributed by atoms with Gasteiger partial charge in [-0.05, 0) is 43.4 Å². The number of likely N-dealkylation sites (tertiary alicyclic amines) is 1. The number of benzene rings is 1. The number of nitrogens with zero attached hydrogens (tertiary/aromatic N) is 1. The average Bonchev–Trinajstić information content (AvgIpc) is 2.94. The van der Waals surface area contributed by atoms with E-state index in [1.165, 1.54) is 30.2 Å². The fourth-order valence-corrected chi connectivity index (χ4v) is 3.91. The quantitative estimate of drug-likeness (QED) is 0.929. The topological polar surface area (TPSA) is 66.8 Å². The van der Waals surface area contributed by atoms with Crippen LogP contribution in [0.15, 0.2) is 18.2 Å². The zero-order valence-electron chi connectivity index (χ0n) is 13.0. The first-order valence-corrected chi connectivity index (χ1v) is 7.92. The van der Waals surface area contributed by atoms with Gasteiger partial charge in [0.05, 0.1) is 7.11 Å². The monoisotopic (exact) mass is 321 g/mol. The van der Waals surface area contributed by atoms with Crippen molar-refractivity contribution in [2.24, 2.45) is 5.92 Å². The molecule has 0 radical (unpaired) electrons. The summed E-state index contributed by atoms with van der Waals surface area (Å²) in [5, 5.41) is 9.49. The number of halogens is 1. The number of carboxylic acid groups (broad SMARTS) is 1. The summed E-state index contributed by atoms with van der Waals surface area (Å²) in [7, 11) is 1.33. The molecule has 3 atom stereocenters. The number of amides is 1. The normalized spacial score (nSPS) is 26.7. The minimum absolute atomic E-state index is 0.0119. The van der Waals surface area contributed by atoms with Crippen LogP contribution < -0.4 is 4.74 Å². The van der Waals surface area contributed by atoms with Crippen LogP contribution in [0.5, 0.6) is 5.75 Å². The summed E-state index contributed by atoms with van der Waals surface area (Å²) in [6.07, 6.45) is 4.39. The van der Waals surface area contributed by atoms with Gasteiger partial charge >= 0.3 is 5.97 Å². The van der Waals surface area contributed by atoms with Crippen LogP contribution in [0.3, 0.4) is 0 Å². The van der Waals surface area contributed by atoms with Crippen molar-refractivity contribution in [2.75, 3.05) is 7.11 Å². The molecule has 1 amide bonds. The number of fused-ring (bicyclic) bond motifs is 1. The molecule has 0 spiro atoms. The van der Waals surface area contributed by atoms with Crippen molar-refractivity contribution in [3.63, 3.8) is 0 Å². The fraction of sp³-hybridized carbons (Fsp3) is 0.529. The van der Waals surface area contributed by atoms with E-state index in [4.69, 9.17) is 4.74 Å². The van der Waals surface area contributed by atoms with E-state index < -0.39 is 17.8 Å². The van der Waals surface area contributed by atoms with Crippen LogP contribution in [-0.4, -0.2) is 41.1 Å². The van der Waals surface area contributed by atoms with Gasteiger partial charge in [-0.2, -0.15) is 0 Å². The van der Waals surface area contributed by atoms with Crippen LogP contribution in [0.4, 0.5) is 4.39 Å². The fourth-order valence-electron chi connectivity index (χ4n) is 3.91. The molecular formula is C17H20FNO4. The van der Waals surface area contributed by atoms with Crippen LogP contribution in [0.25, 0.3) is 0 Å². The van der Waals surface area contributed by atoms with Crippen LogP contribution in [-0.2, 0) is 4.79 Å². The smallest absolute Gasteiger partial charge is 0.326 e. The largest absolute Gasteiger partial charge is 0.494 e. The molecule has 0 bridgehead atoms. The van der Waals surface area contributed by atoms with Gasteiger partial charge in [0.1, 0.15) is 6.04 Å². The number of hydrogen-bond donors (Lipinski definition) is 1. The third-order valence-electron chi connectivity index (χ3n) is 5.01. The molecule has 0 unspecified atom stereocenters. The summed E-state index contributed by atoms with van der Waals surface area (Å²) >= 11 is 0. The molecule has 1 aromatic rings. The molecule has 6 heteroatoms. The van der Waals surface area contributed by atoms with Crippen LogP contribution in [0.2, 0.25) is 0 Å². The van der Waals surface area contributed by atoms with Crippen LogP contribution >= 0.6 is 0 Å². The Morgan fingerprint density at radius 2 is 2.04 bits per heavy atom. The maximum Gasteiger partial charge on any atom is 0.326 e. The van der Waals surface area contributed by atoms with Gasteiger partial charge in [-0.3, -0.25) is 4.79 Å². The Labute approximate surface area is 134 Å². The van der Waals surface area contributed by atoms with Gasteiger partial charge in [0, 0.05) is 11.6 Å². The Morgan fingerprint density at radius 3 is 2.74 bits per heavy atom. The third kappa shape index (κ3) is 2.78. The second-order valence-corrected chi connectivity index (χ2v) is 6.26. The highest BCUT2D eigenvalue weighted by Gasteiger charge is 2.47. The lowest BCUT2D eigenvalue weighted by molar-refractivity contribution is -0.141. The minimum atomic E-state index is -0.971. The van der Waals surface area contributed by atoms with E-state index in [0.717, 1.165) is 25.7 Å². The zero-order valence-corrected chi connectivity index (χ0v) is 13.0. The Kier molecular flexibility index (Phi) is 4.24. The van der Waals surface area contributed by atoms with Crippen LogP contribution in [0, 0.1) is 11.7 Å². The summed E-state index contributed by atoms with van der Waals surface area (Å²) in [5.74, 6) is -1.64. The number of carbonyl (C=O) groups excluding carboxylic acids is 1. The molecule has 1 saturated carbocycles. The summed E-state index contributed by atoms with van der Waals surface area (Å²) in [6.45, 7) is 0. The van der Waals surface area contributed by atoms with E-state index in [2.05, 4.69) is 0 Å². The van der Waals surface area contributed by atoms with E-state index in [9.17, 15) is 19.1 Å². The molecule has 1 heterocycles. The van der Waals surface area contributed by atoms with Crippen molar-refractivity contribution >= 4 is 11.9 Å². The van der Waals surface area contributed by atoms with Gasteiger partial charge < -0.3 is 14.7 Å². The first kappa shape index (κ1) is 15.8. The lowest BCUT2D eigenvalue weighted by Crippen LogP contribution is -2.46. The Bertz CT molecular complexity index is 633. The predicted molar refractivity (Wildman–Crippen MR) is 80.9 cm³/mol. The molecule has 124 valence electrons. The van der Waals surface area contributed by atoms with Gasteiger partial charge in [0.2, 0.25) is 0 Å². The second-order valence-electron chi connectivity index (χ2n) is 6.26. The third-order valence-corrected chi connectivity index (χ3v) is 5.01. The van der Waals surface area contributed by atoms with Gasteiger partial charge in [-0.25, -0.2) is 9.18 Å². The summed E-state index contributed by atoms with van der Waals surface area (Å²) in [6, 6.07) is 3.07. The number of methoxy groups -OCH3 is 1. The van der Waals surface area contributed by atoms with Gasteiger partial charge in [0.25, 0.3) is 5.91 Å². The van der Waals surface area contributed by atoms with Crippen molar-refractivity contribution in [3.8, 4) is 5.75 Å². The number of hydrogen-bond acceptors (Lipinski definition) is 3. The number of carbonyl (C=O) groups is 2. The van der Waals surface area contributed by atoms with E-state index in [1.807, 2.05) is 0 Å². The average molecular weight is 321 g/mol. The van der Waals surface area contributed by atoms with Crippen molar-refractivity contribution in [1.82, 2.24) is 4.90 Å². The number of ether oxygens (including phenoxy) is 1. The highest BCUT2D eigenvalue weighted by Crippen LogP contribution is 2.40. The number of rotatable bonds is 3. The highest BCUT2D eigenvalue weighted by atomic mass is 19.1. The minimum Gasteiger partial charge on any atom is -0.494 e. The van der Waals surface area contributed by atoms with E-state index in [0.29, 0.717) is 6.42 Å². The van der Waals surface area contributed by atoms with E-state index in [-0.39, 0.29) is 29.2 Å². The Hall–Kier alpha value is -2.11. The first-order valence-electron chi connectivity index (χ1n) is 7.92. The molecule has 0 aromatic heterocycles. The molecule has 2 fully saturated rings. The van der Waals surface area contributed by atoms with Gasteiger partial charge in [-0.15, -0.1) is 0 Å². The zero-order chi connectivity index (χ0) is 16.6. The molecule has 23 heavy (non-hydrogen) atoms. The molecular weight excluding hydrogens is 301 g/mol. The van der Waals surface area contributed by atoms with E-state index >= 15 is 0 Å². The number of carboxylic acids is 1. The van der Waals surface area contributed by atoms with Crippen molar-refractivity contribution in [1.29, 1.82) is 0 Å². The van der Waals surface area contributed by atoms with Crippen LogP contribution in [0.1, 0.15) is 42.5 Å². The van der Waals surface area contributed by atoms with Gasteiger partial charge in [0.15, 0.2) is 11.6 Å². The SMILES string of the molecule is COc1cc(C(=O)N2[C@@H]3CCCC[C@H]3C[C@H]2C(=O)O)ccc1F. The molecule has 5 nitrogen and oxygen atoms in total. The Balaban J connectivity index is 1.93. The Morgan fingerprint density at radius 1 is 1.30 bits per heavy atom. The lowest BCUT2D eigenvalue weighted by atomic mass is 9.84. The molecule has 1 N–H and O–H groups in total. The predicted octanol–water partition coefficient (Wildman–Crippen LogP) is 2.69. The van der Waals surface area contributed by atoms with Crippen molar-refractivity contribution in [2.45, 2.75) is 44.2 Å². The molecule has 1 aromatic carbocycles. The molecule has 1 saturated heterocycles. The standard InChI is InChI=1S/C17H20FNO4/c1-23-15-9-11(6-7-12(15)18)16(20)19-13-5-3-2-4-10(13)8-14(19)17(21)22/h6-7,9-10,13-14H,2-5,8H2,1H3,(H,21,22)/t10-,13+,14-/m0/s1. The summed E-state index contributed by atoms with van der Waals surface area (Å²) < 4.78 is 18.5. The van der Waals surface area contributed by atoms with E-state index in [1.54, 1.807) is 0 Å². The summed E-state index contributed by atoms with van der Waals surface area (Å²) in [4.78, 5) is 26.0. The molecule has 1 aliphatic heterocycles. The summed E-state index contributed by atoms with van der Waals surface area (Å²) in [5.41, 5.74) is 0.265. The molecule has 2 aliphatic rings. The maximum atomic E-state index is 13.5. The lowest BCUT2D eigenvalue weighted by Gasteiger charge is -2.33. The van der Waals surface area contributed by atoms with Crippen molar-refractivity contribution in [3.05, 3.63) is 29.6 Å². The first-order chi connectivity index (χ1) is 11.0. The second kappa shape index (κ2) is 6.18. The maximum absolute atomic E-state index is 13.5.